The maximum absolute atomic E-state index is 5.82. The van der Waals surface area contributed by atoms with Crippen LogP contribution in [0, 0.1) is 0 Å². The Balaban J connectivity index is 1.62. The number of anilines is 1. The number of ether oxygens (including phenoxy) is 13. The van der Waals surface area contributed by atoms with Gasteiger partial charge in [0, 0.05) is 5.33 Å². The Hall–Kier alpha value is -1.18. The minimum atomic E-state index is 0.437. The van der Waals surface area contributed by atoms with Gasteiger partial charge in [-0.15, -0.1) is 0 Å². The van der Waals surface area contributed by atoms with Gasteiger partial charge < -0.3 is 67.3 Å². The molecule has 0 aromatic heterocycles. The molecule has 14 nitrogen and oxygen atoms in total. The van der Waals surface area contributed by atoms with Gasteiger partial charge in [-0.2, -0.15) is 0 Å². The van der Waals surface area contributed by atoms with E-state index >= 15 is 0 Å². The van der Waals surface area contributed by atoms with Crippen molar-refractivity contribution in [2.24, 2.45) is 0 Å². The number of alkyl halides is 1. The quantitative estimate of drug-likeness (QED) is 0.0598. The minimum absolute atomic E-state index is 0.437. The Morgan fingerprint density at radius 3 is 0.830 bits per heavy atom. The predicted molar refractivity (Wildman–Crippen MR) is 180 cm³/mol. The molecule has 0 radical (unpaired) electrons. The van der Waals surface area contributed by atoms with Crippen molar-refractivity contribution < 1.29 is 61.6 Å². The standard InChI is InChI=1S/C32H58BrNO13/c33-5-6-35-7-8-36-9-10-37-11-12-38-13-14-39-15-16-40-17-18-41-19-20-42-21-22-43-23-24-44-25-26-45-27-28-46-29-30-47-32-4-2-1-3-31(32)34/h1-4H,5-30,34H2. The summed E-state index contributed by atoms with van der Waals surface area (Å²) in [6, 6.07) is 7.38. The normalized spacial score (nSPS) is 11.4. The highest BCUT2D eigenvalue weighted by Gasteiger charge is 1.99. The van der Waals surface area contributed by atoms with Crippen LogP contribution in [0.15, 0.2) is 24.3 Å². The second-order valence-corrected chi connectivity index (χ2v) is 10.2. The number of para-hydroxylation sites is 2. The lowest BCUT2D eigenvalue weighted by molar-refractivity contribution is -0.0284. The lowest BCUT2D eigenvalue weighted by Crippen LogP contribution is -2.15. The van der Waals surface area contributed by atoms with Crippen LogP contribution in [0.2, 0.25) is 0 Å². The smallest absolute Gasteiger partial charge is 0.142 e. The van der Waals surface area contributed by atoms with Gasteiger partial charge in [0.05, 0.1) is 164 Å². The average molecular weight is 745 g/mol. The van der Waals surface area contributed by atoms with Crippen LogP contribution >= 0.6 is 15.9 Å². The summed E-state index contributed by atoms with van der Waals surface area (Å²) in [5.41, 5.74) is 6.44. The first-order valence-electron chi connectivity index (χ1n) is 16.3. The van der Waals surface area contributed by atoms with Gasteiger partial charge in [-0.1, -0.05) is 28.1 Å². The number of benzene rings is 1. The first-order chi connectivity index (χ1) is 23.3. The molecular formula is C32H58BrNO13. The molecule has 0 aliphatic rings. The zero-order valence-corrected chi connectivity index (χ0v) is 29.5. The van der Waals surface area contributed by atoms with Crippen molar-refractivity contribution in [2.45, 2.75) is 0 Å². The summed E-state index contributed by atoms with van der Waals surface area (Å²) in [5.74, 6) is 0.668. The van der Waals surface area contributed by atoms with Crippen molar-refractivity contribution in [3.05, 3.63) is 24.3 Å². The molecule has 0 aliphatic carbocycles. The van der Waals surface area contributed by atoms with Crippen LogP contribution in [0.5, 0.6) is 5.75 Å². The molecule has 0 amide bonds. The third-order valence-corrected chi connectivity index (χ3v) is 6.04. The maximum Gasteiger partial charge on any atom is 0.142 e. The topological polar surface area (TPSA) is 146 Å². The third kappa shape index (κ3) is 33.1. The lowest BCUT2D eigenvalue weighted by Gasteiger charge is -2.10. The van der Waals surface area contributed by atoms with Crippen LogP contribution in [0.1, 0.15) is 0 Å². The first-order valence-corrected chi connectivity index (χ1v) is 17.4. The monoisotopic (exact) mass is 743 g/mol. The number of nitrogens with two attached hydrogens (primary N) is 1. The molecule has 0 spiro atoms. The molecule has 0 heterocycles. The van der Waals surface area contributed by atoms with E-state index in [4.69, 9.17) is 67.3 Å². The first kappa shape index (κ1) is 43.8. The van der Waals surface area contributed by atoms with Crippen LogP contribution in [0.25, 0.3) is 0 Å². The van der Waals surface area contributed by atoms with Crippen molar-refractivity contribution >= 4 is 21.6 Å². The van der Waals surface area contributed by atoms with Gasteiger partial charge in [-0.05, 0) is 12.1 Å². The molecule has 1 aromatic carbocycles. The molecule has 15 heteroatoms. The van der Waals surface area contributed by atoms with Crippen LogP contribution in [-0.2, 0) is 56.8 Å². The molecule has 0 fully saturated rings. The average Bonchev–Trinajstić information content (AvgIpc) is 3.08. The van der Waals surface area contributed by atoms with Gasteiger partial charge in [0.25, 0.3) is 0 Å². The van der Waals surface area contributed by atoms with E-state index in [2.05, 4.69) is 15.9 Å². The van der Waals surface area contributed by atoms with Crippen molar-refractivity contribution in [2.75, 3.05) is 176 Å². The predicted octanol–water partition coefficient (Wildman–Crippen LogP) is 2.24. The number of nitrogen functional groups attached to an aromatic ring is 1. The SMILES string of the molecule is Nc1ccccc1OCCOCCOCCOCCOCCOCCOCCOCCOCCOCCOCCOCCOCCBr. The molecule has 47 heavy (non-hydrogen) atoms. The second kappa shape index (κ2) is 37.6. The van der Waals surface area contributed by atoms with Gasteiger partial charge in [-0.25, -0.2) is 0 Å². The Labute approximate surface area is 289 Å². The highest BCUT2D eigenvalue weighted by molar-refractivity contribution is 9.09. The lowest BCUT2D eigenvalue weighted by atomic mass is 10.3. The summed E-state index contributed by atoms with van der Waals surface area (Å²) in [4.78, 5) is 0. The van der Waals surface area contributed by atoms with Crippen LogP contribution in [0.4, 0.5) is 5.69 Å². The number of halogens is 1. The number of hydrogen-bond donors (Lipinski definition) is 1. The molecule has 0 atom stereocenters. The molecule has 0 aliphatic heterocycles. The fourth-order valence-corrected chi connectivity index (χ4v) is 3.63. The van der Waals surface area contributed by atoms with Crippen LogP contribution in [0.3, 0.4) is 0 Å². The molecule has 276 valence electrons. The van der Waals surface area contributed by atoms with Crippen molar-refractivity contribution in [1.82, 2.24) is 0 Å². The summed E-state index contributed by atoms with van der Waals surface area (Å²) in [5, 5.41) is 0.836. The van der Waals surface area contributed by atoms with E-state index < -0.39 is 0 Å². The minimum Gasteiger partial charge on any atom is -0.489 e. The highest BCUT2D eigenvalue weighted by Crippen LogP contribution is 2.19. The van der Waals surface area contributed by atoms with E-state index in [1.165, 1.54) is 0 Å². The molecule has 0 unspecified atom stereocenters. The fraction of sp³-hybridized carbons (Fsp3) is 0.812. The van der Waals surface area contributed by atoms with Crippen molar-refractivity contribution in [3.63, 3.8) is 0 Å². The van der Waals surface area contributed by atoms with Gasteiger partial charge in [0.2, 0.25) is 0 Å². The van der Waals surface area contributed by atoms with E-state index in [1.807, 2.05) is 18.2 Å². The molecule has 1 aromatic rings. The summed E-state index contributed by atoms with van der Waals surface area (Å²) in [7, 11) is 0. The van der Waals surface area contributed by atoms with E-state index in [1.54, 1.807) is 6.07 Å². The van der Waals surface area contributed by atoms with Gasteiger partial charge >= 0.3 is 0 Å². The highest BCUT2D eigenvalue weighted by atomic mass is 79.9. The Morgan fingerprint density at radius 1 is 0.340 bits per heavy atom. The molecular weight excluding hydrogens is 686 g/mol. The second-order valence-electron chi connectivity index (χ2n) is 9.42. The summed E-state index contributed by atoms with van der Waals surface area (Å²) >= 11 is 3.30. The zero-order chi connectivity index (χ0) is 33.6. The van der Waals surface area contributed by atoms with Crippen LogP contribution in [-0.4, -0.2) is 171 Å². The molecule has 2 N–H and O–H groups in total. The Bertz CT molecular complexity index is 757. The van der Waals surface area contributed by atoms with E-state index in [-0.39, 0.29) is 0 Å². The van der Waals surface area contributed by atoms with E-state index in [0.717, 1.165) is 5.33 Å². The molecule has 1 rings (SSSR count). The number of hydrogen-bond acceptors (Lipinski definition) is 14. The number of rotatable bonds is 39. The summed E-state index contributed by atoms with van der Waals surface area (Å²) in [6.45, 7) is 13.0. The molecule has 0 bridgehead atoms. The fourth-order valence-electron chi connectivity index (χ4n) is 3.40. The summed E-state index contributed by atoms with van der Waals surface area (Å²) in [6.07, 6.45) is 0. The van der Waals surface area contributed by atoms with E-state index in [9.17, 15) is 0 Å². The van der Waals surface area contributed by atoms with Gasteiger partial charge in [0.15, 0.2) is 0 Å². The van der Waals surface area contributed by atoms with Crippen LogP contribution < -0.4 is 10.5 Å². The zero-order valence-electron chi connectivity index (χ0n) is 28.0. The summed E-state index contributed by atoms with van der Waals surface area (Å²) < 4.78 is 70.9. The van der Waals surface area contributed by atoms with E-state index in [0.29, 0.717) is 177 Å². The maximum atomic E-state index is 5.82. The Morgan fingerprint density at radius 2 is 0.574 bits per heavy atom. The Kier molecular flexibility index (Phi) is 35.1. The largest absolute Gasteiger partial charge is 0.489 e. The molecule has 0 saturated carbocycles. The van der Waals surface area contributed by atoms with Gasteiger partial charge in [0.1, 0.15) is 12.4 Å². The molecule has 0 saturated heterocycles. The van der Waals surface area contributed by atoms with Crippen molar-refractivity contribution in [1.29, 1.82) is 0 Å². The van der Waals surface area contributed by atoms with Crippen molar-refractivity contribution in [3.8, 4) is 5.75 Å². The van der Waals surface area contributed by atoms with Gasteiger partial charge in [-0.3, -0.25) is 0 Å². The third-order valence-electron chi connectivity index (χ3n) is 5.72.